The first kappa shape index (κ1) is 19.5. The third-order valence-corrected chi connectivity index (χ3v) is 5.26. The van der Waals surface area contributed by atoms with E-state index < -0.39 is 7.82 Å². The highest BCUT2D eigenvalue weighted by molar-refractivity contribution is 7.46. The van der Waals surface area contributed by atoms with Gasteiger partial charge in [-0.15, -0.1) is 0 Å². The molecule has 0 spiro atoms. The molecule has 4 rings (SSSR count). The topological polar surface area (TPSA) is 117 Å². The Morgan fingerprint density at radius 3 is 2.62 bits per heavy atom. The number of phosphoric acid groups is 1. The van der Waals surface area contributed by atoms with Crippen LogP contribution in [0.1, 0.15) is 0 Å². The predicted octanol–water partition coefficient (Wildman–Crippen LogP) is 3.69. The van der Waals surface area contributed by atoms with Gasteiger partial charge in [0.05, 0.1) is 19.9 Å². The molecule has 1 aliphatic heterocycles. The maximum Gasteiger partial charge on any atom is 0.524 e. The third kappa shape index (κ3) is 3.88. The fraction of sp³-hybridized carbons (Fsp3) is 0.167. The third-order valence-electron chi connectivity index (χ3n) is 4.20. The van der Waals surface area contributed by atoms with Crippen LogP contribution in [0, 0.1) is 0 Å². The molecular weight excluding hydrogens is 421 g/mol. The van der Waals surface area contributed by atoms with Gasteiger partial charge in [0.15, 0.2) is 11.5 Å². The molecule has 0 atom stereocenters. The molecule has 0 fully saturated rings. The fourth-order valence-corrected chi connectivity index (χ4v) is 4.07. The molecular formula is C18H16NO8PS. The molecule has 11 heteroatoms. The van der Waals surface area contributed by atoms with Gasteiger partial charge < -0.3 is 23.5 Å². The quantitative estimate of drug-likeness (QED) is 0.557. The second-order valence-electron chi connectivity index (χ2n) is 5.93. The number of ether oxygens (including phenoxy) is 4. The Labute approximate surface area is 169 Å². The number of rotatable bonds is 6. The molecule has 1 aliphatic rings. The molecule has 2 heterocycles. The van der Waals surface area contributed by atoms with E-state index in [0.717, 1.165) is 0 Å². The van der Waals surface area contributed by atoms with Crippen LogP contribution in [0.5, 0.6) is 28.7 Å². The summed E-state index contributed by atoms with van der Waals surface area (Å²) < 4.78 is 42.2. The van der Waals surface area contributed by atoms with Crippen LogP contribution in [0.25, 0.3) is 22.4 Å². The fourth-order valence-electron chi connectivity index (χ4n) is 2.96. The van der Waals surface area contributed by atoms with Crippen LogP contribution in [-0.4, -0.2) is 35.2 Å². The van der Waals surface area contributed by atoms with E-state index in [2.05, 4.69) is 4.37 Å². The largest absolute Gasteiger partial charge is 0.524 e. The average molecular weight is 437 g/mol. The number of hydrogen-bond donors (Lipinski definition) is 2. The SMILES string of the molecule is COc1ccc(-c2csnc2-c2cc(OC)c3c(c2)OCO3)c(OP(=O)(O)O)c1. The summed E-state index contributed by atoms with van der Waals surface area (Å²) >= 11 is 1.20. The van der Waals surface area contributed by atoms with Gasteiger partial charge in [-0.05, 0) is 35.8 Å². The van der Waals surface area contributed by atoms with Gasteiger partial charge in [0.1, 0.15) is 11.5 Å². The molecule has 1 aromatic heterocycles. The van der Waals surface area contributed by atoms with Crippen molar-refractivity contribution in [3.05, 3.63) is 35.7 Å². The van der Waals surface area contributed by atoms with Crippen LogP contribution in [0.15, 0.2) is 35.7 Å². The van der Waals surface area contributed by atoms with Crippen molar-refractivity contribution in [2.45, 2.75) is 0 Å². The standard InChI is InChI=1S/C18H16NO8PS/c1-23-11-3-4-12(14(7-11)27-28(20,21)22)13-8-29-19-17(13)10-5-15(24-2)18-16(6-10)25-9-26-18/h3-8H,9H2,1-2H3,(H2,20,21,22). The normalized spacial score (nSPS) is 12.7. The second kappa shape index (κ2) is 7.57. The first-order valence-electron chi connectivity index (χ1n) is 8.25. The highest BCUT2D eigenvalue weighted by atomic mass is 32.1. The molecule has 0 saturated carbocycles. The maximum atomic E-state index is 11.5. The van der Waals surface area contributed by atoms with Crippen molar-refractivity contribution in [1.82, 2.24) is 4.37 Å². The van der Waals surface area contributed by atoms with Crippen LogP contribution in [0.2, 0.25) is 0 Å². The number of methoxy groups -OCH3 is 2. The minimum absolute atomic E-state index is 0.0214. The molecule has 0 aliphatic carbocycles. The van der Waals surface area contributed by atoms with Crippen molar-refractivity contribution in [3.63, 3.8) is 0 Å². The van der Waals surface area contributed by atoms with Gasteiger partial charge in [-0.1, -0.05) is 0 Å². The molecule has 0 radical (unpaired) electrons. The van der Waals surface area contributed by atoms with E-state index in [1.165, 1.54) is 31.8 Å². The molecule has 0 bridgehead atoms. The first-order chi connectivity index (χ1) is 13.9. The molecule has 0 saturated heterocycles. The van der Waals surface area contributed by atoms with Gasteiger partial charge in [-0.3, -0.25) is 9.79 Å². The molecule has 3 aromatic rings. The number of benzene rings is 2. The Morgan fingerprint density at radius 1 is 1.07 bits per heavy atom. The van der Waals surface area contributed by atoms with Crippen molar-refractivity contribution >= 4 is 19.4 Å². The second-order valence-corrected chi connectivity index (χ2v) is 7.73. The van der Waals surface area contributed by atoms with E-state index in [1.807, 2.05) is 0 Å². The summed E-state index contributed by atoms with van der Waals surface area (Å²) in [6.45, 7) is 0.0951. The summed E-state index contributed by atoms with van der Waals surface area (Å²) in [5, 5.41) is 1.76. The highest BCUT2D eigenvalue weighted by Gasteiger charge is 2.25. The van der Waals surface area contributed by atoms with Crippen molar-refractivity contribution in [2.24, 2.45) is 0 Å². The number of fused-ring (bicyclic) bond motifs is 1. The maximum absolute atomic E-state index is 11.5. The monoisotopic (exact) mass is 437 g/mol. The summed E-state index contributed by atoms with van der Waals surface area (Å²) in [7, 11) is -1.81. The van der Waals surface area contributed by atoms with Gasteiger partial charge in [0, 0.05) is 28.1 Å². The summed E-state index contributed by atoms with van der Waals surface area (Å²) in [4.78, 5) is 18.6. The minimum atomic E-state index is -4.79. The average Bonchev–Trinajstić information content (AvgIpc) is 3.35. The molecule has 9 nitrogen and oxygen atoms in total. The van der Waals surface area contributed by atoms with Crippen molar-refractivity contribution in [1.29, 1.82) is 0 Å². The van der Waals surface area contributed by atoms with E-state index in [9.17, 15) is 14.4 Å². The zero-order chi connectivity index (χ0) is 20.6. The Kier molecular flexibility index (Phi) is 5.10. The Balaban J connectivity index is 1.85. The van der Waals surface area contributed by atoms with Crippen LogP contribution in [0.4, 0.5) is 0 Å². The van der Waals surface area contributed by atoms with Gasteiger partial charge in [-0.2, -0.15) is 4.37 Å². The van der Waals surface area contributed by atoms with E-state index in [1.54, 1.807) is 29.6 Å². The number of phosphoric ester groups is 1. The minimum Gasteiger partial charge on any atom is -0.497 e. The summed E-state index contributed by atoms with van der Waals surface area (Å²) in [5.41, 5.74) is 2.35. The van der Waals surface area contributed by atoms with Gasteiger partial charge >= 0.3 is 7.82 Å². The molecule has 152 valence electrons. The van der Waals surface area contributed by atoms with Gasteiger partial charge in [0.2, 0.25) is 12.5 Å². The van der Waals surface area contributed by atoms with Crippen LogP contribution in [0.3, 0.4) is 0 Å². The number of aromatic nitrogens is 1. The van der Waals surface area contributed by atoms with Crippen molar-refractivity contribution in [3.8, 4) is 51.1 Å². The Hall–Kier alpha value is -2.78. The number of nitrogens with zero attached hydrogens (tertiary/aromatic N) is 1. The van der Waals surface area contributed by atoms with Crippen LogP contribution in [-0.2, 0) is 4.57 Å². The summed E-state index contributed by atoms with van der Waals surface area (Å²) in [5.74, 6) is 1.91. The lowest BCUT2D eigenvalue weighted by Crippen LogP contribution is -1.95. The van der Waals surface area contributed by atoms with Crippen molar-refractivity contribution < 1.29 is 37.8 Å². The zero-order valence-corrected chi connectivity index (χ0v) is 17.0. The predicted molar refractivity (Wildman–Crippen MR) is 105 cm³/mol. The van der Waals surface area contributed by atoms with E-state index in [4.69, 9.17) is 23.5 Å². The van der Waals surface area contributed by atoms with Crippen LogP contribution >= 0.6 is 19.4 Å². The Morgan fingerprint density at radius 2 is 1.90 bits per heavy atom. The molecule has 0 unspecified atom stereocenters. The van der Waals surface area contributed by atoms with E-state index in [-0.39, 0.29) is 12.5 Å². The van der Waals surface area contributed by atoms with Crippen LogP contribution < -0.4 is 23.5 Å². The van der Waals surface area contributed by atoms with Crippen molar-refractivity contribution in [2.75, 3.05) is 21.0 Å². The smallest absolute Gasteiger partial charge is 0.497 e. The Bertz CT molecular complexity index is 1110. The van der Waals surface area contributed by atoms with Gasteiger partial charge in [0.25, 0.3) is 0 Å². The lowest BCUT2D eigenvalue weighted by molar-refractivity contribution is 0.171. The molecule has 0 amide bonds. The number of hydrogen-bond acceptors (Lipinski definition) is 8. The molecule has 29 heavy (non-hydrogen) atoms. The summed E-state index contributed by atoms with van der Waals surface area (Å²) in [6, 6.07) is 8.27. The highest BCUT2D eigenvalue weighted by Crippen LogP contribution is 2.48. The van der Waals surface area contributed by atoms with E-state index >= 15 is 0 Å². The zero-order valence-electron chi connectivity index (χ0n) is 15.3. The lowest BCUT2D eigenvalue weighted by Gasteiger charge is -2.14. The van der Waals surface area contributed by atoms with E-state index in [0.29, 0.717) is 45.4 Å². The lowest BCUT2D eigenvalue weighted by atomic mass is 10.0. The van der Waals surface area contributed by atoms with Gasteiger partial charge in [-0.25, -0.2) is 4.57 Å². The molecule has 2 N–H and O–H groups in total. The summed E-state index contributed by atoms with van der Waals surface area (Å²) in [6.07, 6.45) is 0. The molecule has 2 aromatic carbocycles. The first-order valence-corrected chi connectivity index (χ1v) is 10.6.